The Hall–Kier alpha value is -3.00. The highest BCUT2D eigenvalue weighted by atomic mass is 16.5. The van der Waals surface area contributed by atoms with Gasteiger partial charge in [0.25, 0.3) is 0 Å². The quantitative estimate of drug-likeness (QED) is 0.482. The highest BCUT2D eigenvalue weighted by molar-refractivity contribution is 5.49. The van der Waals surface area contributed by atoms with E-state index in [4.69, 9.17) is 9.47 Å². The molecule has 2 aromatic rings. The minimum absolute atomic E-state index is 0.239. The molecule has 2 aliphatic rings. The van der Waals surface area contributed by atoms with Crippen molar-refractivity contribution in [2.45, 2.75) is 44.8 Å². The molecule has 1 aliphatic heterocycles. The second-order valence-corrected chi connectivity index (χ2v) is 7.66. The van der Waals surface area contributed by atoms with Gasteiger partial charge in [0, 0.05) is 17.5 Å². The molecular weight excluding hydrogens is 356 g/mol. The summed E-state index contributed by atoms with van der Waals surface area (Å²) >= 11 is 0. The van der Waals surface area contributed by atoms with Crippen LogP contribution in [-0.2, 0) is 19.4 Å². The van der Waals surface area contributed by atoms with E-state index in [2.05, 4.69) is 61.2 Å². The highest BCUT2D eigenvalue weighted by Crippen LogP contribution is 2.37. The molecule has 0 saturated carbocycles. The molecule has 0 radical (unpaired) electrons. The van der Waals surface area contributed by atoms with Crippen molar-refractivity contribution in [1.29, 1.82) is 0 Å². The molecule has 1 heterocycles. The van der Waals surface area contributed by atoms with Gasteiger partial charge in [0.1, 0.15) is 24.2 Å². The first kappa shape index (κ1) is 19.3. The highest BCUT2D eigenvalue weighted by Gasteiger charge is 2.25. The first-order chi connectivity index (χ1) is 14.3. The van der Waals surface area contributed by atoms with Gasteiger partial charge >= 0.3 is 0 Å². The fourth-order valence-electron chi connectivity index (χ4n) is 3.88. The lowest BCUT2D eigenvalue weighted by molar-refractivity contribution is 0.221. The van der Waals surface area contributed by atoms with Gasteiger partial charge in [0.2, 0.25) is 0 Å². The number of hydrogen-bond donors (Lipinski definition) is 0. The van der Waals surface area contributed by atoms with E-state index in [-0.39, 0.29) is 6.10 Å². The van der Waals surface area contributed by atoms with Gasteiger partial charge in [0.15, 0.2) is 0 Å². The number of allylic oxidation sites excluding steroid dienone is 7. The molecule has 0 spiro atoms. The van der Waals surface area contributed by atoms with Crippen molar-refractivity contribution in [3.05, 3.63) is 108 Å². The summed E-state index contributed by atoms with van der Waals surface area (Å²) in [5.74, 6) is 1.95. The van der Waals surface area contributed by atoms with E-state index in [1.165, 1.54) is 16.7 Å². The fourth-order valence-corrected chi connectivity index (χ4v) is 3.88. The molecule has 2 nitrogen and oxygen atoms in total. The summed E-state index contributed by atoms with van der Waals surface area (Å²) in [4.78, 5) is 0. The van der Waals surface area contributed by atoms with Crippen LogP contribution in [0.25, 0.3) is 0 Å². The fraction of sp³-hybridized carbons (Fsp3) is 0.259. The van der Waals surface area contributed by atoms with E-state index in [0.717, 1.165) is 49.2 Å². The van der Waals surface area contributed by atoms with Crippen LogP contribution in [-0.4, -0.2) is 6.10 Å². The van der Waals surface area contributed by atoms with E-state index in [0.29, 0.717) is 6.61 Å². The van der Waals surface area contributed by atoms with Gasteiger partial charge in [-0.25, -0.2) is 0 Å². The second kappa shape index (κ2) is 9.47. The Morgan fingerprint density at radius 3 is 2.86 bits per heavy atom. The van der Waals surface area contributed by atoms with Crippen molar-refractivity contribution in [2.24, 2.45) is 0 Å². The van der Waals surface area contributed by atoms with Crippen LogP contribution >= 0.6 is 0 Å². The average molecular weight is 385 g/mol. The predicted molar refractivity (Wildman–Crippen MR) is 119 cm³/mol. The number of benzene rings is 2. The summed E-state index contributed by atoms with van der Waals surface area (Å²) in [6.07, 6.45) is 17.8. The van der Waals surface area contributed by atoms with Gasteiger partial charge in [-0.05, 0) is 43.4 Å². The van der Waals surface area contributed by atoms with Crippen LogP contribution in [0.2, 0.25) is 0 Å². The van der Waals surface area contributed by atoms with Gasteiger partial charge in [-0.15, -0.1) is 6.58 Å². The normalized spacial score (nSPS) is 17.2. The van der Waals surface area contributed by atoms with Crippen molar-refractivity contribution in [3.63, 3.8) is 0 Å². The second-order valence-electron chi connectivity index (χ2n) is 7.66. The third kappa shape index (κ3) is 5.08. The number of ether oxygens (including phenoxy) is 2. The molecule has 1 unspecified atom stereocenters. The molecule has 1 atom stereocenters. The lowest BCUT2D eigenvalue weighted by atomic mass is 10.00. The number of fused-ring (bicyclic) bond motifs is 1. The summed E-state index contributed by atoms with van der Waals surface area (Å²) in [6.45, 7) is 4.47. The molecule has 1 aliphatic carbocycles. The van der Waals surface area contributed by atoms with Gasteiger partial charge in [-0.2, -0.15) is 0 Å². The molecular formula is C27H28O2. The molecule has 148 valence electrons. The Bertz CT molecular complexity index is 935. The number of hydrogen-bond acceptors (Lipinski definition) is 2. The Kier molecular flexibility index (Phi) is 6.31. The van der Waals surface area contributed by atoms with Crippen molar-refractivity contribution in [2.75, 3.05) is 0 Å². The van der Waals surface area contributed by atoms with Crippen molar-refractivity contribution < 1.29 is 9.47 Å². The van der Waals surface area contributed by atoms with Gasteiger partial charge in [0.05, 0.1) is 0 Å². The smallest absolute Gasteiger partial charge is 0.123 e. The van der Waals surface area contributed by atoms with Gasteiger partial charge in [-0.1, -0.05) is 72.4 Å². The largest absolute Gasteiger partial charge is 0.490 e. The third-order valence-corrected chi connectivity index (χ3v) is 5.44. The predicted octanol–water partition coefficient (Wildman–Crippen LogP) is 6.52. The summed E-state index contributed by atoms with van der Waals surface area (Å²) in [7, 11) is 0. The van der Waals surface area contributed by atoms with Crippen LogP contribution in [0.3, 0.4) is 0 Å². The first-order valence-electron chi connectivity index (χ1n) is 10.4. The average Bonchev–Trinajstić information content (AvgIpc) is 2.95. The lowest BCUT2D eigenvalue weighted by Gasteiger charge is -2.13. The Morgan fingerprint density at radius 1 is 1.10 bits per heavy atom. The maximum absolute atomic E-state index is 6.28. The van der Waals surface area contributed by atoms with Crippen molar-refractivity contribution >= 4 is 0 Å². The van der Waals surface area contributed by atoms with Crippen LogP contribution in [0, 0.1) is 0 Å². The Balaban J connectivity index is 1.42. The zero-order valence-electron chi connectivity index (χ0n) is 16.8. The van der Waals surface area contributed by atoms with Crippen LogP contribution in [0.4, 0.5) is 0 Å². The minimum Gasteiger partial charge on any atom is -0.490 e. The zero-order chi connectivity index (χ0) is 19.9. The molecule has 0 aromatic heterocycles. The maximum Gasteiger partial charge on any atom is 0.123 e. The maximum atomic E-state index is 6.28. The summed E-state index contributed by atoms with van der Waals surface area (Å²) in [6, 6.07) is 14.6. The zero-order valence-corrected chi connectivity index (χ0v) is 16.8. The third-order valence-electron chi connectivity index (χ3n) is 5.44. The molecule has 0 saturated heterocycles. The first-order valence-corrected chi connectivity index (χ1v) is 10.4. The van der Waals surface area contributed by atoms with Crippen molar-refractivity contribution in [1.82, 2.24) is 0 Å². The molecule has 0 N–H and O–H groups in total. The molecule has 4 rings (SSSR count). The van der Waals surface area contributed by atoms with E-state index in [1.54, 1.807) is 0 Å². The standard InChI is InChI=1S/C27H28O2/c1-2-10-23-18-27-24(19-26(23)28-20-22-13-8-5-9-14-22)17-25(29-27)16-15-21-11-6-3-4-7-12-21/h2-9,11,13-14,18-19,25H,1,10,12,15-17,20H2. The monoisotopic (exact) mass is 384 g/mol. The molecule has 0 fully saturated rings. The molecule has 2 heteroatoms. The lowest BCUT2D eigenvalue weighted by Crippen LogP contribution is -2.12. The molecule has 29 heavy (non-hydrogen) atoms. The summed E-state index contributed by atoms with van der Waals surface area (Å²) in [5.41, 5.74) is 5.03. The summed E-state index contributed by atoms with van der Waals surface area (Å²) < 4.78 is 12.5. The van der Waals surface area contributed by atoms with E-state index in [1.807, 2.05) is 24.3 Å². The van der Waals surface area contributed by atoms with Crippen LogP contribution < -0.4 is 9.47 Å². The van der Waals surface area contributed by atoms with E-state index >= 15 is 0 Å². The SMILES string of the molecule is C=CCc1cc2c(cc1OCc1ccccc1)CC(CCC1=CC=CC=CC1)O2. The minimum atomic E-state index is 0.239. The van der Waals surface area contributed by atoms with Gasteiger partial charge < -0.3 is 9.47 Å². The molecule has 0 bridgehead atoms. The van der Waals surface area contributed by atoms with Crippen LogP contribution in [0.5, 0.6) is 11.5 Å². The van der Waals surface area contributed by atoms with Crippen molar-refractivity contribution in [3.8, 4) is 11.5 Å². The van der Waals surface area contributed by atoms with Crippen LogP contribution in [0.1, 0.15) is 36.0 Å². The topological polar surface area (TPSA) is 18.5 Å². The molecule has 2 aromatic carbocycles. The van der Waals surface area contributed by atoms with Crippen LogP contribution in [0.15, 0.2) is 91.1 Å². The van der Waals surface area contributed by atoms with E-state index < -0.39 is 0 Å². The Labute approximate surface area is 173 Å². The molecule has 0 amide bonds. The van der Waals surface area contributed by atoms with Gasteiger partial charge in [-0.3, -0.25) is 0 Å². The summed E-state index contributed by atoms with van der Waals surface area (Å²) in [5, 5.41) is 0. The number of rotatable bonds is 8. The Morgan fingerprint density at radius 2 is 2.00 bits per heavy atom. The van der Waals surface area contributed by atoms with E-state index in [9.17, 15) is 0 Å².